The molecule has 0 aliphatic rings. The van der Waals surface area contributed by atoms with Crippen molar-refractivity contribution in [3.63, 3.8) is 0 Å². The average Bonchev–Trinajstić information content (AvgIpc) is 1.84. The lowest BCUT2D eigenvalue weighted by Crippen LogP contribution is -2.24. The Morgan fingerprint density at radius 2 is 2.08 bits per heavy atom. The number of carbonyl (C=O) groups is 1. The molecular weight excluding hydrogens is 153 g/mol. The summed E-state index contributed by atoms with van der Waals surface area (Å²) < 4.78 is 5.12. The van der Waals surface area contributed by atoms with Crippen molar-refractivity contribution in [2.45, 2.75) is 39.2 Å². The van der Waals surface area contributed by atoms with E-state index in [2.05, 4.69) is 5.23 Å². The van der Waals surface area contributed by atoms with Crippen LogP contribution in [0.5, 0.6) is 0 Å². The van der Waals surface area contributed by atoms with Crippen LogP contribution in [0, 0.1) is 0 Å². The van der Waals surface area contributed by atoms with E-state index in [1.165, 1.54) is 0 Å². The highest BCUT2D eigenvalue weighted by Gasteiger charge is 2.15. The van der Waals surface area contributed by atoms with Crippen molar-refractivity contribution in [3.8, 4) is 0 Å². The quantitative estimate of drug-likeness (QED) is 0.374. The molecule has 0 radical (unpaired) electrons. The van der Waals surface area contributed by atoms with Gasteiger partial charge in [-0.25, -0.2) is 0 Å². The fourth-order valence-electron chi connectivity index (χ4n) is 0.802. The monoisotopic (exact) mass is 171 g/mol. The maximum absolute atomic E-state index is 11.1. The van der Waals surface area contributed by atoms with E-state index in [1.807, 2.05) is 28.8 Å². The van der Waals surface area contributed by atoms with Crippen molar-refractivity contribution in [1.82, 2.24) is 5.23 Å². The van der Waals surface area contributed by atoms with E-state index in [1.54, 1.807) is 0 Å². The van der Waals surface area contributed by atoms with Crippen LogP contribution >= 0.6 is 0 Å². The fraction of sp³-hybridized carbons (Fsp3) is 0.875. The first-order chi connectivity index (χ1) is 5.45. The number of nitrogens with one attached hydrogen (secondary N) is 1. The van der Waals surface area contributed by atoms with Gasteiger partial charge in [0.1, 0.15) is 5.60 Å². The zero-order valence-electron chi connectivity index (χ0n) is 8.44. The second kappa shape index (κ2) is 5.20. The minimum absolute atomic E-state index is 0.113. The molecular formula is C8H18BNO2. The van der Waals surface area contributed by atoms with E-state index in [9.17, 15) is 4.79 Å². The summed E-state index contributed by atoms with van der Waals surface area (Å²) in [5, 5.41) is 2.98. The molecule has 0 spiro atoms. The van der Waals surface area contributed by atoms with Crippen molar-refractivity contribution in [3.05, 3.63) is 0 Å². The summed E-state index contributed by atoms with van der Waals surface area (Å²) in [4.78, 5) is 11.1. The van der Waals surface area contributed by atoms with Crippen LogP contribution in [-0.2, 0) is 9.53 Å². The molecule has 0 saturated carbocycles. The van der Waals surface area contributed by atoms with E-state index >= 15 is 0 Å². The maximum atomic E-state index is 11.1. The molecule has 0 amide bonds. The maximum Gasteiger partial charge on any atom is 0.306 e. The summed E-state index contributed by atoms with van der Waals surface area (Å²) in [7, 11) is 1.87. The molecule has 0 aromatic rings. The van der Waals surface area contributed by atoms with Gasteiger partial charge in [-0.15, -0.1) is 0 Å². The van der Waals surface area contributed by atoms with Crippen LogP contribution in [0.1, 0.15) is 33.6 Å². The molecule has 0 heterocycles. The Morgan fingerprint density at radius 1 is 1.50 bits per heavy atom. The zero-order chi connectivity index (χ0) is 9.61. The molecule has 0 fully saturated rings. The molecule has 0 rings (SSSR count). The second-order valence-electron chi connectivity index (χ2n) is 3.79. The van der Waals surface area contributed by atoms with Crippen LogP contribution < -0.4 is 5.23 Å². The van der Waals surface area contributed by atoms with Gasteiger partial charge in [0.25, 0.3) is 0 Å². The minimum atomic E-state index is -0.350. The number of esters is 1. The summed E-state index contributed by atoms with van der Waals surface area (Å²) in [6.07, 6.45) is 1.34. The standard InChI is InChI=1S/C8H18BNO2/c1-8(2,3)12-7(11)5-4-6-10-9/h10H,4-6,9H2,1-3H3. The van der Waals surface area contributed by atoms with Gasteiger partial charge in [-0.2, -0.15) is 0 Å². The van der Waals surface area contributed by atoms with Crippen LogP contribution in [0.3, 0.4) is 0 Å². The Balaban J connectivity index is 3.47. The van der Waals surface area contributed by atoms with Gasteiger partial charge < -0.3 is 9.96 Å². The topological polar surface area (TPSA) is 38.3 Å². The van der Waals surface area contributed by atoms with Gasteiger partial charge in [0.05, 0.1) is 0 Å². The van der Waals surface area contributed by atoms with Crippen molar-refractivity contribution in [2.75, 3.05) is 6.54 Å². The number of ether oxygens (including phenoxy) is 1. The molecule has 0 aliphatic carbocycles. The smallest absolute Gasteiger partial charge is 0.306 e. The second-order valence-corrected chi connectivity index (χ2v) is 3.79. The van der Waals surface area contributed by atoms with Gasteiger partial charge >= 0.3 is 5.97 Å². The third-order valence-corrected chi connectivity index (χ3v) is 1.23. The molecule has 0 atom stereocenters. The normalized spacial score (nSPS) is 11.2. The molecule has 0 unspecified atom stereocenters. The first kappa shape index (κ1) is 11.5. The van der Waals surface area contributed by atoms with Crippen molar-refractivity contribution in [1.29, 1.82) is 0 Å². The van der Waals surface area contributed by atoms with Gasteiger partial charge in [0.15, 0.2) is 7.98 Å². The molecule has 0 aliphatic heterocycles. The minimum Gasteiger partial charge on any atom is -0.460 e. The number of carbonyl (C=O) groups excluding carboxylic acids is 1. The molecule has 3 nitrogen and oxygen atoms in total. The lowest BCUT2D eigenvalue weighted by molar-refractivity contribution is -0.154. The van der Waals surface area contributed by atoms with Crippen LogP contribution in [-0.4, -0.2) is 26.1 Å². The average molecular weight is 171 g/mol. The SMILES string of the molecule is BNCCCC(=O)OC(C)(C)C. The van der Waals surface area contributed by atoms with E-state index < -0.39 is 0 Å². The summed E-state index contributed by atoms with van der Waals surface area (Å²) in [5.41, 5.74) is -0.350. The van der Waals surface area contributed by atoms with E-state index in [-0.39, 0.29) is 11.6 Å². The summed E-state index contributed by atoms with van der Waals surface area (Å²) in [5.74, 6) is -0.113. The number of hydrogen-bond donors (Lipinski definition) is 1. The van der Waals surface area contributed by atoms with E-state index in [0.717, 1.165) is 13.0 Å². The van der Waals surface area contributed by atoms with E-state index in [0.29, 0.717) is 6.42 Å². The summed E-state index contributed by atoms with van der Waals surface area (Å²) in [6.45, 7) is 6.49. The third-order valence-electron chi connectivity index (χ3n) is 1.23. The Bertz CT molecular complexity index is 142. The highest BCUT2D eigenvalue weighted by atomic mass is 16.6. The van der Waals surface area contributed by atoms with E-state index in [4.69, 9.17) is 4.74 Å². The van der Waals surface area contributed by atoms with Crippen molar-refractivity contribution < 1.29 is 9.53 Å². The van der Waals surface area contributed by atoms with Crippen LogP contribution in [0.4, 0.5) is 0 Å². The van der Waals surface area contributed by atoms with Crippen molar-refractivity contribution >= 4 is 14.0 Å². The predicted molar refractivity (Wildman–Crippen MR) is 51.6 cm³/mol. The zero-order valence-corrected chi connectivity index (χ0v) is 8.44. The molecule has 4 heteroatoms. The number of hydrogen-bond acceptors (Lipinski definition) is 3. The highest BCUT2D eigenvalue weighted by Crippen LogP contribution is 2.08. The number of rotatable bonds is 4. The Kier molecular flexibility index (Phi) is 4.98. The lowest BCUT2D eigenvalue weighted by atomic mass is 10.2. The molecule has 1 N–H and O–H groups in total. The first-order valence-corrected chi connectivity index (χ1v) is 4.32. The molecule has 70 valence electrons. The highest BCUT2D eigenvalue weighted by molar-refractivity contribution is 6.04. The Hall–Kier alpha value is -0.505. The van der Waals surface area contributed by atoms with Gasteiger partial charge in [-0.3, -0.25) is 4.79 Å². The van der Waals surface area contributed by atoms with Crippen molar-refractivity contribution in [2.24, 2.45) is 0 Å². The first-order valence-electron chi connectivity index (χ1n) is 4.32. The van der Waals surface area contributed by atoms with Crippen LogP contribution in [0.15, 0.2) is 0 Å². The molecule has 0 aromatic carbocycles. The van der Waals surface area contributed by atoms with Gasteiger partial charge in [0.2, 0.25) is 0 Å². The Labute approximate surface area is 75.3 Å². The molecule has 0 aromatic heterocycles. The predicted octanol–water partition coefficient (Wildman–Crippen LogP) is 0.246. The molecule has 0 saturated heterocycles. The molecule has 12 heavy (non-hydrogen) atoms. The largest absolute Gasteiger partial charge is 0.460 e. The van der Waals surface area contributed by atoms with Gasteiger partial charge in [-0.05, 0) is 33.7 Å². The third kappa shape index (κ3) is 7.60. The van der Waals surface area contributed by atoms with Gasteiger partial charge in [0, 0.05) is 6.42 Å². The molecule has 0 bridgehead atoms. The fourth-order valence-corrected chi connectivity index (χ4v) is 0.802. The Morgan fingerprint density at radius 3 is 2.50 bits per heavy atom. The summed E-state index contributed by atoms with van der Waals surface area (Å²) >= 11 is 0. The lowest BCUT2D eigenvalue weighted by Gasteiger charge is -2.19. The van der Waals surface area contributed by atoms with Crippen LogP contribution in [0.2, 0.25) is 0 Å². The van der Waals surface area contributed by atoms with Gasteiger partial charge in [-0.1, -0.05) is 0 Å². The van der Waals surface area contributed by atoms with Crippen LogP contribution in [0.25, 0.3) is 0 Å². The summed E-state index contributed by atoms with van der Waals surface area (Å²) in [6, 6.07) is 0.